The molecule has 39 nitrogen and oxygen atoms in total. The predicted molar refractivity (Wildman–Crippen MR) is 256 cm³/mol. The van der Waals surface area contributed by atoms with Crippen molar-refractivity contribution >= 4 is 11.9 Å². The second-order valence-electron chi connectivity index (χ2n) is 20.8. The second-order valence-corrected chi connectivity index (χ2v) is 20.8. The summed E-state index contributed by atoms with van der Waals surface area (Å²) in [5.41, 5.74) is 22.3. The van der Waals surface area contributed by atoms with Gasteiger partial charge in [0.15, 0.2) is 55.9 Å². The van der Waals surface area contributed by atoms with Crippen LogP contribution in [0.4, 0.5) is 0 Å². The molecule has 0 saturated carbocycles. The van der Waals surface area contributed by atoms with Crippen LogP contribution in [0.5, 0.6) is 0 Å². The van der Waals surface area contributed by atoms with Gasteiger partial charge in [0.25, 0.3) is 0 Å². The van der Waals surface area contributed by atoms with E-state index in [0.29, 0.717) is 0 Å². The molecule has 14 bridgehead atoms. The molecule has 0 aromatic rings. The molecule has 21 aliphatic heterocycles. The number of guanidine groups is 2. The van der Waals surface area contributed by atoms with Crippen LogP contribution in [0.15, 0.2) is 9.98 Å². The molecule has 35 atom stereocenters. The van der Waals surface area contributed by atoms with Gasteiger partial charge in [0.05, 0.1) is 46.1 Å². The third-order valence-corrected chi connectivity index (χ3v) is 15.3. The minimum Gasteiger partial charge on any atom is -0.394 e. The molecule has 0 spiro atoms. The average Bonchev–Trinajstić information content (AvgIpc) is 3.66. The highest BCUT2D eigenvalue weighted by atomic mass is 16.8. The van der Waals surface area contributed by atoms with Crippen LogP contribution in [-0.2, 0) is 66.3 Å². The third-order valence-electron chi connectivity index (χ3n) is 15.3. The van der Waals surface area contributed by atoms with Crippen LogP contribution in [0.2, 0.25) is 0 Å². The maximum Gasteiger partial charge on any atom is 0.187 e. The van der Waals surface area contributed by atoms with Gasteiger partial charge in [0.2, 0.25) is 0 Å². The zero-order valence-electron chi connectivity index (χ0n) is 43.6. The van der Waals surface area contributed by atoms with Gasteiger partial charge >= 0.3 is 0 Å². The number of ether oxygens (including phenoxy) is 14. The Kier molecular flexibility index (Phi) is 22.4. The molecule has 21 heterocycles. The fraction of sp³-hybridized carbons (Fsp3) is 0.955. The third kappa shape index (κ3) is 13.8. The number of rotatable bonds is 9. The lowest BCUT2D eigenvalue weighted by atomic mass is 9.95. The molecule has 0 aromatic carbocycles. The molecule has 27 N–H and O–H groups in total. The summed E-state index contributed by atoms with van der Waals surface area (Å²) in [6, 6.07) is 0. The summed E-state index contributed by atoms with van der Waals surface area (Å²) in [5.74, 6) is -1.09. The van der Waals surface area contributed by atoms with Gasteiger partial charge in [-0.1, -0.05) is 0 Å². The first-order chi connectivity index (χ1) is 39.4. The Morgan fingerprint density at radius 3 is 0.518 bits per heavy atom. The van der Waals surface area contributed by atoms with E-state index < -0.39 is 273 Å². The standard InChI is InChI=1S/C44H76N6O33/c45-43(46)49-1-8-29-16(57)23(64)37(71-8)80-32-11(4-52)75-41(27(68)20(32)61)83-35-14(7-55)76-42(28(69)21(35)62)82-34-13(6-54)73-39(25(66)18(34)59)78-30-9(2-50-44(47)48)70-36(22(63)15(30)56)79-31-10(3-51)74-40(26(67)19(31)60)81-33-12(5-53)72-38(77-29)24(65)17(33)58/h8-42,51-69H,1-7H2,(H4,45,46,49)(H4,47,48,50)/t8-,9-,10-,11-,12-,13-,14-,15-,16-,17-,18-,19-,20-,21-,22-,23-,24+,25-,26+,27-,28-,29-,30-,31-,32-,33-,34-,35-,36-,37-,38-,39-,40-,41-,42-/m1/s1. The maximum atomic E-state index is 11.6. The van der Waals surface area contributed by atoms with Crippen LogP contribution >= 0.6 is 0 Å². The average molecular weight is 1220 g/mol. The largest absolute Gasteiger partial charge is 0.394 e. The molecular formula is C44H76N6O33. The van der Waals surface area contributed by atoms with E-state index in [2.05, 4.69) is 9.98 Å². The zero-order chi connectivity index (χ0) is 60.6. The van der Waals surface area contributed by atoms with Gasteiger partial charge in [-0.2, -0.15) is 0 Å². The first kappa shape index (κ1) is 66.2. The topological polar surface area (TPSA) is 642 Å². The van der Waals surface area contributed by atoms with Crippen molar-refractivity contribution in [3.63, 3.8) is 0 Å². The lowest BCUT2D eigenvalue weighted by molar-refractivity contribution is -0.395. The summed E-state index contributed by atoms with van der Waals surface area (Å²) >= 11 is 0. The summed E-state index contributed by atoms with van der Waals surface area (Å²) in [6.07, 6.45) is -70.5. The molecule has 480 valence electrons. The van der Waals surface area contributed by atoms with Crippen LogP contribution < -0.4 is 22.9 Å². The molecule has 0 radical (unpaired) electrons. The minimum absolute atomic E-state index is 0.544. The summed E-state index contributed by atoms with van der Waals surface area (Å²) in [5, 5.41) is 213. The monoisotopic (exact) mass is 1220 g/mol. The van der Waals surface area contributed by atoms with E-state index in [1.165, 1.54) is 0 Å². The first-order valence-electron chi connectivity index (χ1n) is 26.2. The SMILES string of the molecule is NC(N)=NC[C@H]1O[C@@H]2O[C@H]3[C@H](O)[C@@H](O)[C@@H](O[C@H]4[C@H](O)[C@@H](O)[C@@H](O[C@H]5[C@H](O)[C@@H](O)[C@@H](O[C@H]6[C@H](O)[C@@H](O)[C@@H](O[C@H]7[C@H](O)[C@H](O)[C@@H](O[C@H]8[C@H](O)[C@H](O)[C@@H](O[C@H]1[C@H](O)[C@H]2O)O[C@@H]8CO)O[C@@H]7CO)O[C@@H]6CN=C(N)N)O[C@@H]5CO)O[C@@H]4CO)O[C@@H]3CO. The Morgan fingerprint density at radius 1 is 0.229 bits per heavy atom. The van der Waals surface area contributed by atoms with Gasteiger partial charge in [-0.15, -0.1) is 0 Å². The van der Waals surface area contributed by atoms with E-state index in [9.17, 15) is 97.0 Å². The molecule has 0 unspecified atom stereocenters. The molecule has 0 aromatic heterocycles. The Labute approximate surface area is 468 Å². The van der Waals surface area contributed by atoms with Gasteiger partial charge in [-0.05, 0) is 0 Å². The van der Waals surface area contributed by atoms with Crippen molar-refractivity contribution in [2.75, 3.05) is 46.1 Å². The van der Waals surface area contributed by atoms with E-state index in [-0.39, 0.29) is 0 Å². The number of aliphatic imine (C=N–C) groups is 2. The van der Waals surface area contributed by atoms with Crippen LogP contribution in [0.3, 0.4) is 0 Å². The molecule has 0 amide bonds. The van der Waals surface area contributed by atoms with Crippen LogP contribution in [-0.4, -0.2) is 370 Å². The molecule has 21 saturated heterocycles. The Balaban J connectivity index is 1.11. The Hall–Kier alpha value is -2.78. The fourth-order valence-corrected chi connectivity index (χ4v) is 10.8. The number of hydrogen-bond donors (Lipinski definition) is 23. The number of aliphatic hydroxyl groups excluding tert-OH is 19. The summed E-state index contributed by atoms with van der Waals surface area (Å²) in [6.45, 7) is -6.55. The van der Waals surface area contributed by atoms with Crippen molar-refractivity contribution in [3.05, 3.63) is 0 Å². The highest BCUT2D eigenvalue weighted by Crippen LogP contribution is 2.39. The van der Waals surface area contributed by atoms with E-state index in [4.69, 9.17) is 89.3 Å². The van der Waals surface area contributed by atoms with Crippen molar-refractivity contribution in [1.82, 2.24) is 0 Å². The molecule has 83 heavy (non-hydrogen) atoms. The van der Waals surface area contributed by atoms with E-state index in [0.717, 1.165) is 0 Å². The van der Waals surface area contributed by atoms with E-state index in [1.807, 2.05) is 0 Å². The molecule has 0 aliphatic carbocycles. The molecule has 21 rings (SSSR count). The van der Waals surface area contributed by atoms with Crippen LogP contribution in [0.25, 0.3) is 0 Å². The Bertz CT molecular complexity index is 2090. The number of hydrogen-bond acceptors (Lipinski definition) is 35. The van der Waals surface area contributed by atoms with Crippen molar-refractivity contribution < 1.29 is 163 Å². The number of nitrogens with zero attached hydrogens (tertiary/aromatic N) is 2. The highest BCUT2D eigenvalue weighted by Gasteiger charge is 2.59. The highest BCUT2D eigenvalue weighted by molar-refractivity contribution is 5.76. The second kappa shape index (κ2) is 28.1. The van der Waals surface area contributed by atoms with Crippen molar-refractivity contribution in [1.29, 1.82) is 0 Å². The molecule has 21 fully saturated rings. The van der Waals surface area contributed by atoms with E-state index >= 15 is 0 Å². The van der Waals surface area contributed by atoms with Crippen LogP contribution in [0, 0.1) is 0 Å². The van der Waals surface area contributed by atoms with Gasteiger partial charge in [0, 0.05) is 0 Å². The molecule has 21 aliphatic rings. The quantitative estimate of drug-likeness (QED) is 0.0753. The summed E-state index contributed by atoms with van der Waals surface area (Å²) in [4.78, 5) is 7.71. The van der Waals surface area contributed by atoms with Crippen molar-refractivity contribution in [2.24, 2.45) is 32.9 Å². The fourth-order valence-electron chi connectivity index (χ4n) is 10.8. The molecule has 39 heteroatoms. The summed E-state index contributed by atoms with van der Waals surface area (Å²) < 4.78 is 81.0. The normalized spacial score (nSPS) is 52.0. The number of nitrogens with two attached hydrogens (primary N) is 4. The van der Waals surface area contributed by atoms with Crippen molar-refractivity contribution in [2.45, 2.75) is 215 Å². The van der Waals surface area contributed by atoms with Gasteiger partial charge < -0.3 is 186 Å². The Morgan fingerprint density at radius 2 is 0.373 bits per heavy atom. The van der Waals surface area contributed by atoms with E-state index in [1.54, 1.807) is 0 Å². The van der Waals surface area contributed by atoms with Gasteiger partial charge in [0.1, 0.15) is 171 Å². The first-order valence-corrected chi connectivity index (χ1v) is 26.2. The van der Waals surface area contributed by atoms with Crippen molar-refractivity contribution in [3.8, 4) is 0 Å². The lowest BCUT2D eigenvalue weighted by Gasteiger charge is -2.50. The smallest absolute Gasteiger partial charge is 0.187 e. The minimum atomic E-state index is -2.23. The maximum absolute atomic E-state index is 11.6. The van der Waals surface area contributed by atoms with Crippen LogP contribution in [0.1, 0.15) is 0 Å². The zero-order valence-corrected chi connectivity index (χ0v) is 43.6. The summed E-state index contributed by atoms with van der Waals surface area (Å²) in [7, 11) is 0. The number of aliphatic hydroxyl groups is 19. The lowest BCUT2D eigenvalue weighted by Crippen LogP contribution is -2.68. The van der Waals surface area contributed by atoms with Gasteiger partial charge in [-0.3, -0.25) is 9.98 Å². The van der Waals surface area contributed by atoms with Gasteiger partial charge in [-0.25, -0.2) is 0 Å². The predicted octanol–water partition coefficient (Wildman–Crippen LogP) is -16.7. The molecular weight excluding hydrogens is 1140 g/mol.